The van der Waals surface area contributed by atoms with Crippen LogP contribution in [0.1, 0.15) is 28.3 Å². The average molecular weight is 478 g/mol. The summed E-state index contributed by atoms with van der Waals surface area (Å²) in [5.41, 5.74) is -0.438. The fourth-order valence-corrected chi connectivity index (χ4v) is 3.67. The van der Waals surface area contributed by atoms with Crippen LogP contribution in [0.25, 0.3) is 46.4 Å². The second-order valence-corrected chi connectivity index (χ2v) is 7.70. The van der Waals surface area contributed by atoms with E-state index in [0.29, 0.717) is 22.4 Å². The van der Waals surface area contributed by atoms with Crippen LogP contribution in [0, 0.1) is 0 Å². The third-order valence-corrected chi connectivity index (χ3v) is 5.28. The minimum atomic E-state index is -6.49. The number of aromatic nitrogens is 4. The predicted molar refractivity (Wildman–Crippen MR) is 114 cm³/mol. The summed E-state index contributed by atoms with van der Waals surface area (Å²) in [6.07, 6.45) is -0.960. The minimum absolute atomic E-state index is 0.0656. The average Bonchev–Trinajstić information content (AvgIpc) is 3.52. The lowest BCUT2D eigenvalue weighted by molar-refractivity contribution is -0.359. The number of fused-ring (bicyclic) bond motifs is 8. The predicted octanol–water partition coefficient (Wildman–Crippen LogP) is 6.95. The van der Waals surface area contributed by atoms with E-state index in [1.165, 1.54) is 24.3 Å². The molecule has 0 aromatic carbocycles. The molecule has 0 atom stereocenters. The normalized spacial score (nSPS) is 14.1. The molecule has 2 aliphatic heterocycles. The Hall–Kier alpha value is -3.89. The van der Waals surface area contributed by atoms with Crippen LogP contribution < -0.4 is 0 Å². The van der Waals surface area contributed by atoms with E-state index in [2.05, 4.69) is 19.9 Å². The first-order chi connectivity index (χ1) is 15.9. The number of halogens is 7. The van der Waals surface area contributed by atoms with Gasteiger partial charge in [0.15, 0.2) is 0 Å². The molecule has 5 heterocycles. The molecule has 8 bridgehead atoms. The summed E-state index contributed by atoms with van der Waals surface area (Å²) in [7, 11) is 0. The maximum atomic E-state index is 15.0. The topological polar surface area (TPSA) is 57.4 Å². The lowest BCUT2D eigenvalue weighted by atomic mass is 10.00. The Morgan fingerprint density at radius 3 is 1.85 bits per heavy atom. The summed E-state index contributed by atoms with van der Waals surface area (Å²) in [6.45, 7) is 0. The van der Waals surface area contributed by atoms with Gasteiger partial charge in [-0.3, -0.25) is 0 Å². The number of H-pyrrole nitrogens is 2. The number of aromatic amines is 2. The SMILES string of the molecule is FC(F)(F)C(F)(F)C(F)(F)c1c2nc(cc3nc(cc4ccc(cc5ccc1[nH]5)[nH]4)C=C3)C=C2. The highest BCUT2D eigenvalue weighted by Crippen LogP contribution is 2.53. The van der Waals surface area contributed by atoms with Crippen LogP contribution in [0.2, 0.25) is 0 Å². The summed E-state index contributed by atoms with van der Waals surface area (Å²) in [5, 5.41) is 0. The summed E-state index contributed by atoms with van der Waals surface area (Å²) in [6, 6.07) is 10.4. The first-order valence-electron chi connectivity index (χ1n) is 9.84. The van der Waals surface area contributed by atoms with Gasteiger partial charge in [-0.05, 0) is 66.8 Å². The largest absolute Gasteiger partial charge is 0.460 e. The van der Waals surface area contributed by atoms with Gasteiger partial charge >= 0.3 is 18.0 Å². The summed E-state index contributed by atoms with van der Waals surface area (Å²) in [5.74, 6) is -12.0. The Labute approximate surface area is 186 Å². The molecule has 4 nitrogen and oxygen atoms in total. The van der Waals surface area contributed by atoms with Gasteiger partial charge in [-0.1, -0.05) is 0 Å². The fourth-order valence-electron chi connectivity index (χ4n) is 3.67. The molecule has 0 aliphatic carbocycles. The molecule has 3 aromatic rings. The third kappa shape index (κ3) is 3.57. The van der Waals surface area contributed by atoms with Crippen LogP contribution in [0.4, 0.5) is 30.7 Å². The van der Waals surface area contributed by atoms with Crippen molar-refractivity contribution in [3.05, 3.63) is 70.8 Å². The Balaban J connectivity index is 1.88. The second-order valence-electron chi connectivity index (χ2n) is 7.70. The molecule has 2 N–H and O–H groups in total. The molecule has 0 spiro atoms. The van der Waals surface area contributed by atoms with Crippen LogP contribution in [0.5, 0.6) is 0 Å². The summed E-state index contributed by atoms with van der Waals surface area (Å²) >= 11 is 0. The van der Waals surface area contributed by atoms with E-state index in [4.69, 9.17) is 0 Å². The molecule has 0 radical (unpaired) electrons. The highest BCUT2D eigenvalue weighted by atomic mass is 19.4. The molecule has 174 valence electrons. The van der Waals surface area contributed by atoms with Gasteiger partial charge in [0.05, 0.1) is 33.9 Å². The smallest absolute Gasteiger partial charge is 0.355 e. The van der Waals surface area contributed by atoms with Gasteiger partial charge in [-0.15, -0.1) is 0 Å². The number of hydrogen-bond acceptors (Lipinski definition) is 2. The van der Waals surface area contributed by atoms with E-state index < -0.39 is 34.8 Å². The monoisotopic (exact) mass is 478 g/mol. The van der Waals surface area contributed by atoms with E-state index in [1.54, 1.807) is 30.4 Å². The molecule has 34 heavy (non-hydrogen) atoms. The highest BCUT2D eigenvalue weighted by molar-refractivity contribution is 5.80. The van der Waals surface area contributed by atoms with Crippen molar-refractivity contribution in [2.24, 2.45) is 0 Å². The van der Waals surface area contributed by atoms with Crippen molar-refractivity contribution in [3.63, 3.8) is 0 Å². The van der Waals surface area contributed by atoms with Crippen molar-refractivity contribution >= 4 is 46.4 Å². The number of nitrogens with one attached hydrogen (secondary N) is 2. The minimum Gasteiger partial charge on any atom is -0.355 e. The highest BCUT2D eigenvalue weighted by Gasteiger charge is 2.74. The summed E-state index contributed by atoms with van der Waals surface area (Å²) in [4.78, 5) is 13.8. The molecule has 0 fully saturated rings. The zero-order valence-corrected chi connectivity index (χ0v) is 16.9. The first-order valence-corrected chi connectivity index (χ1v) is 9.84. The van der Waals surface area contributed by atoms with Gasteiger partial charge in [-0.2, -0.15) is 30.7 Å². The van der Waals surface area contributed by atoms with Crippen molar-refractivity contribution in [2.45, 2.75) is 18.0 Å². The lowest BCUT2D eigenvalue weighted by Crippen LogP contribution is -2.50. The van der Waals surface area contributed by atoms with Crippen molar-refractivity contribution in [1.29, 1.82) is 0 Å². The second kappa shape index (κ2) is 7.31. The van der Waals surface area contributed by atoms with E-state index >= 15 is 0 Å². The van der Waals surface area contributed by atoms with E-state index in [1.807, 2.05) is 0 Å². The molecule has 2 aliphatic rings. The van der Waals surface area contributed by atoms with Crippen LogP contribution in [0.3, 0.4) is 0 Å². The number of hydrogen-bond donors (Lipinski definition) is 2. The van der Waals surface area contributed by atoms with Gasteiger partial charge in [0.1, 0.15) is 0 Å². The lowest BCUT2D eigenvalue weighted by Gasteiger charge is -2.28. The van der Waals surface area contributed by atoms with Crippen LogP contribution in [-0.2, 0) is 5.92 Å². The van der Waals surface area contributed by atoms with Gasteiger partial charge in [0, 0.05) is 16.6 Å². The van der Waals surface area contributed by atoms with Crippen molar-refractivity contribution in [2.75, 3.05) is 0 Å². The quantitative estimate of drug-likeness (QED) is 0.270. The van der Waals surface area contributed by atoms with Gasteiger partial charge in [0.25, 0.3) is 0 Å². The molecule has 0 saturated carbocycles. The Kier molecular flexibility index (Phi) is 4.71. The molecule has 0 amide bonds. The zero-order valence-electron chi connectivity index (χ0n) is 16.9. The van der Waals surface area contributed by atoms with Crippen molar-refractivity contribution in [1.82, 2.24) is 19.9 Å². The number of nitrogens with zero attached hydrogens (tertiary/aromatic N) is 2. The van der Waals surface area contributed by atoms with Crippen molar-refractivity contribution in [3.8, 4) is 0 Å². The first kappa shape index (κ1) is 21.9. The molecule has 3 aromatic heterocycles. The molecule has 0 unspecified atom stereocenters. The molecular formula is C23H13F7N4. The fraction of sp³-hybridized carbons (Fsp3) is 0.130. The molecule has 11 heteroatoms. The Morgan fingerprint density at radius 2 is 1.15 bits per heavy atom. The van der Waals surface area contributed by atoms with Gasteiger partial charge in [0.2, 0.25) is 0 Å². The van der Waals surface area contributed by atoms with Gasteiger partial charge in [-0.25, -0.2) is 9.97 Å². The molecule has 0 saturated heterocycles. The Morgan fingerprint density at radius 1 is 0.588 bits per heavy atom. The maximum Gasteiger partial charge on any atom is 0.460 e. The maximum absolute atomic E-state index is 15.0. The van der Waals surface area contributed by atoms with E-state index in [-0.39, 0.29) is 11.2 Å². The van der Waals surface area contributed by atoms with Crippen molar-refractivity contribution < 1.29 is 30.7 Å². The zero-order chi connectivity index (χ0) is 24.3. The van der Waals surface area contributed by atoms with Crippen LogP contribution in [-0.4, -0.2) is 32.0 Å². The number of rotatable bonds is 2. The third-order valence-electron chi connectivity index (χ3n) is 5.28. The van der Waals surface area contributed by atoms with E-state index in [0.717, 1.165) is 12.1 Å². The van der Waals surface area contributed by atoms with Gasteiger partial charge < -0.3 is 9.97 Å². The van der Waals surface area contributed by atoms with E-state index in [9.17, 15) is 30.7 Å². The Bertz CT molecular complexity index is 1510. The van der Waals surface area contributed by atoms with Crippen LogP contribution in [0.15, 0.2) is 42.5 Å². The van der Waals surface area contributed by atoms with Crippen LogP contribution >= 0.6 is 0 Å². The standard InChI is InChI=1S/C23H13F7N4/c24-21(25,22(26,27)23(28,29)30)20-18-7-5-16(33-18)10-14-3-1-12(31-14)9-13-2-4-15(32-13)11-17-6-8-19(20)34-17/h1-11,31,33H. The summed E-state index contributed by atoms with van der Waals surface area (Å²) < 4.78 is 96.9. The molecule has 5 rings (SSSR count). The molecular weight excluding hydrogens is 465 g/mol. The number of alkyl halides is 7.